The number of benzene rings is 1. The highest BCUT2D eigenvalue weighted by atomic mass is 127. The van der Waals surface area contributed by atoms with Gasteiger partial charge in [-0.15, -0.1) is 24.0 Å². The second kappa shape index (κ2) is 10.7. The summed E-state index contributed by atoms with van der Waals surface area (Å²) in [7, 11) is 9.51. The average molecular weight is 487 g/mol. The minimum atomic E-state index is -0.297. The quantitative estimate of drug-likeness (QED) is 0.368. The molecule has 1 aliphatic rings. The van der Waals surface area contributed by atoms with Gasteiger partial charge in [0.05, 0.1) is 5.41 Å². The van der Waals surface area contributed by atoms with E-state index in [1.165, 1.54) is 11.3 Å². The molecule has 1 saturated carbocycles. The Morgan fingerprint density at radius 1 is 1.07 bits per heavy atom. The third-order valence-electron chi connectivity index (χ3n) is 5.15. The molecule has 0 spiro atoms. The molecule has 6 nitrogen and oxygen atoms in total. The first-order valence-electron chi connectivity index (χ1n) is 9.30. The first-order valence-corrected chi connectivity index (χ1v) is 9.30. The standard InChI is InChI=1S/C20H33N5O.HI/c1-21-19(22-14-16-8-10-17(11-9-16)24(2)3)23-15-20(12-6-7-13-20)18(26)25(4)5;/h8-11H,6-7,12-15H2,1-5H3,(H2,21,22,23);1H. The van der Waals surface area contributed by atoms with Crippen molar-refractivity contribution < 1.29 is 4.79 Å². The molecule has 152 valence electrons. The summed E-state index contributed by atoms with van der Waals surface area (Å²) < 4.78 is 0. The van der Waals surface area contributed by atoms with Crippen LogP contribution in [0.2, 0.25) is 0 Å². The van der Waals surface area contributed by atoms with Crippen molar-refractivity contribution >= 4 is 41.5 Å². The van der Waals surface area contributed by atoms with Crippen LogP contribution in [0.15, 0.2) is 29.3 Å². The Hall–Kier alpha value is -1.51. The monoisotopic (exact) mass is 487 g/mol. The third-order valence-corrected chi connectivity index (χ3v) is 5.15. The van der Waals surface area contributed by atoms with Gasteiger partial charge in [0.2, 0.25) is 5.91 Å². The van der Waals surface area contributed by atoms with Gasteiger partial charge < -0.3 is 20.4 Å². The van der Waals surface area contributed by atoms with Crippen molar-refractivity contribution in [3.05, 3.63) is 29.8 Å². The van der Waals surface area contributed by atoms with Crippen molar-refractivity contribution in [1.29, 1.82) is 0 Å². The highest BCUT2D eigenvalue weighted by molar-refractivity contribution is 14.0. The summed E-state index contributed by atoms with van der Waals surface area (Å²) in [5, 5.41) is 6.72. The van der Waals surface area contributed by atoms with Gasteiger partial charge in [-0.1, -0.05) is 25.0 Å². The van der Waals surface area contributed by atoms with E-state index in [1.807, 2.05) is 28.2 Å². The van der Waals surface area contributed by atoms with Crippen LogP contribution in [-0.4, -0.2) is 58.5 Å². The zero-order valence-corrected chi connectivity index (χ0v) is 19.5. The van der Waals surface area contributed by atoms with Crippen LogP contribution >= 0.6 is 24.0 Å². The smallest absolute Gasteiger partial charge is 0.230 e. The van der Waals surface area contributed by atoms with Gasteiger partial charge in [-0.2, -0.15) is 0 Å². The van der Waals surface area contributed by atoms with Gasteiger partial charge in [-0.05, 0) is 30.5 Å². The molecule has 2 N–H and O–H groups in total. The maximum absolute atomic E-state index is 12.7. The zero-order chi connectivity index (χ0) is 19.2. The van der Waals surface area contributed by atoms with Crippen molar-refractivity contribution in [2.75, 3.05) is 46.7 Å². The lowest BCUT2D eigenvalue weighted by Crippen LogP contribution is -2.49. The number of rotatable bonds is 6. The number of hydrogen-bond acceptors (Lipinski definition) is 3. The van der Waals surface area contributed by atoms with Crippen molar-refractivity contribution in [2.45, 2.75) is 32.2 Å². The SMILES string of the molecule is CN=C(NCc1ccc(N(C)C)cc1)NCC1(C(=O)N(C)C)CCCC1.I. The molecular formula is C20H34IN5O. The number of amides is 1. The third kappa shape index (κ3) is 6.26. The van der Waals surface area contributed by atoms with Gasteiger partial charge in [0.1, 0.15) is 0 Å². The second-order valence-corrected chi connectivity index (χ2v) is 7.53. The average Bonchev–Trinajstić information content (AvgIpc) is 3.11. The fourth-order valence-electron chi connectivity index (χ4n) is 3.56. The van der Waals surface area contributed by atoms with Crippen LogP contribution in [0, 0.1) is 5.41 Å². The van der Waals surface area contributed by atoms with Crippen molar-refractivity contribution in [3.8, 4) is 0 Å². The summed E-state index contributed by atoms with van der Waals surface area (Å²) in [5.41, 5.74) is 2.08. The van der Waals surface area contributed by atoms with Gasteiger partial charge in [0.15, 0.2) is 5.96 Å². The molecule has 0 atom stereocenters. The van der Waals surface area contributed by atoms with E-state index in [1.54, 1.807) is 11.9 Å². The fourth-order valence-corrected chi connectivity index (χ4v) is 3.56. The molecular weight excluding hydrogens is 453 g/mol. The van der Waals surface area contributed by atoms with Crippen LogP contribution in [0.1, 0.15) is 31.2 Å². The molecule has 1 aromatic carbocycles. The number of guanidine groups is 1. The first kappa shape index (κ1) is 23.5. The van der Waals surface area contributed by atoms with Crippen LogP contribution in [0.4, 0.5) is 5.69 Å². The Morgan fingerprint density at radius 2 is 1.67 bits per heavy atom. The first-order chi connectivity index (χ1) is 12.4. The predicted molar refractivity (Wildman–Crippen MR) is 124 cm³/mol. The van der Waals surface area contributed by atoms with Crippen molar-refractivity contribution in [2.24, 2.45) is 10.4 Å². The van der Waals surface area contributed by atoms with E-state index in [4.69, 9.17) is 0 Å². The molecule has 27 heavy (non-hydrogen) atoms. The van der Waals surface area contributed by atoms with E-state index in [0.717, 1.165) is 31.6 Å². The van der Waals surface area contributed by atoms with Crippen LogP contribution < -0.4 is 15.5 Å². The summed E-state index contributed by atoms with van der Waals surface area (Å²) in [4.78, 5) is 20.8. The highest BCUT2D eigenvalue weighted by Crippen LogP contribution is 2.38. The largest absolute Gasteiger partial charge is 0.378 e. The second-order valence-electron chi connectivity index (χ2n) is 7.53. The van der Waals surface area contributed by atoms with Gasteiger partial charge in [0, 0.05) is 54.0 Å². The Labute approximate surface area is 180 Å². The maximum Gasteiger partial charge on any atom is 0.230 e. The highest BCUT2D eigenvalue weighted by Gasteiger charge is 2.42. The molecule has 0 unspecified atom stereocenters. The van der Waals surface area contributed by atoms with E-state index in [0.29, 0.717) is 13.1 Å². The van der Waals surface area contributed by atoms with Crippen LogP contribution in [0.5, 0.6) is 0 Å². The zero-order valence-electron chi connectivity index (χ0n) is 17.2. The number of nitrogens with zero attached hydrogens (tertiary/aromatic N) is 3. The van der Waals surface area contributed by atoms with Crippen LogP contribution in [0.3, 0.4) is 0 Å². The molecule has 0 heterocycles. The van der Waals surface area contributed by atoms with Crippen molar-refractivity contribution in [3.63, 3.8) is 0 Å². The molecule has 1 aliphatic carbocycles. The van der Waals surface area contributed by atoms with E-state index in [-0.39, 0.29) is 35.3 Å². The minimum absolute atomic E-state index is 0. The molecule has 0 radical (unpaired) electrons. The minimum Gasteiger partial charge on any atom is -0.378 e. The lowest BCUT2D eigenvalue weighted by atomic mass is 9.84. The number of halogens is 1. The number of hydrogen-bond donors (Lipinski definition) is 2. The predicted octanol–water partition coefficient (Wildman–Crippen LogP) is 2.68. The van der Waals surface area contributed by atoms with Gasteiger partial charge in [-0.3, -0.25) is 9.79 Å². The van der Waals surface area contributed by atoms with E-state index >= 15 is 0 Å². The fraction of sp³-hybridized carbons (Fsp3) is 0.600. The maximum atomic E-state index is 12.7. The molecule has 0 saturated heterocycles. The summed E-state index contributed by atoms with van der Waals surface area (Å²) in [6.45, 7) is 1.32. The van der Waals surface area contributed by atoms with Gasteiger partial charge in [0.25, 0.3) is 0 Å². The Kier molecular flexibility index (Phi) is 9.35. The molecule has 7 heteroatoms. The van der Waals surface area contributed by atoms with Crippen LogP contribution in [-0.2, 0) is 11.3 Å². The molecule has 1 amide bonds. The normalized spacial score (nSPS) is 15.7. The lowest BCUT2D eigenvalue weighted by molar-refractivity contribution is -0.138. The van der Waals surface area contributed by atoms with Crippen molar-refractivity contribution in [1.82, 2.24) is 15.5 Å². The molecule has 2 rings (SSSR count). The summed E-state index contributed by atoms with van der Waals surface area (Å²) >= 11 is 0. The Balaban J connectivity index is 0.00000364. The summed E-state index contributed by atoms with van der Waals surface area (Å²) in [5.74, 6) is 0.955. The molecule has 0 aromatic heterocycles. The molecule has 0 bridgehead atoms. The van der Waals surface area contributed by atoms with Gasteiger partial charge >= 0.3 is 0 Å². The van der Waals surface area contributed by atoms with E-state index in [9.17, 15) is 4.79 Å². The molecule has 1 aromatic rings. The molecule has 1 fully saturated rings. The number of anilines is 1. The summed E-state index contributed by atoms with van der Waals surface area (Å²) in [6.07, 6.45) is 4.12. The summed E-state index contributed by atoms with van der Waals surface area (Å²) in [6, 6.07) is 8.44. The number of aliphatic imine (C=N–C) groups is 1. The van der Waals surface area contributed by atoms with Gasteiger partial charge in [-0.25, -0.2) is 0 Å². The lowest BCUT2D eigenvalue weighted by Gasteiger charge is -2.31. The Bertz CT molecular complexity index is 622. The van der Waals surface area contributed by atoms with Crippen LogP contribution in [0.25, 0.3) is 0 Å². The molecule has 0 aliphatic heterocycles. The topological polar surface area (TPSA) is 60.0 Å². The van der Waals surface area contributed by atoms with E-state index in [2.05, 4.69) is 44.8 Å². The number of carbonyl (C=O) groups is 1. The van der Waals surface area contributed by atoms with E-state index < -0.39 is 0 Å². The Morgan fingerprint density at radius 3 is 2.15 bits per heavy atom. The number of carbonyl (C=O) groups excluding carboxylic acids is 1. The number of nitrogens with one attached hydrogen (secondary N) is 2.